The van der Waals surface area contributed by atoms with E-state index in [2.05, 4.69) is 26.2 Å². The Hall–Kier alpha value is -0.992. The predicted molar refractivity (Wildman–Crippen MR) is 142 cm³/mol. The van der Waals surface area contributed by atoms with Gasteiger partial charge in [0.05, 0.1) is 17.3 Å². The fraction of sp³-hybridized carbons (Fsp3) is 0.120. The second kappa shape index (κ2) is 23.7. The molecule has 1 aliphatic heterocycles. The minimum absolute atomic E-state index is 0. The van der Waals surface area contributed by atoms with Gasteiger partial charge in [0.2, 0.25) is 0 Å². The normalized spacial score (nSPS) is 9.35. The number of ether oxygens (including phenoxy) is 2. The van der Waals surface area contributed by atoms with Gasteiger partial charge in [-0.25, -0.2) is 4.79 Å². The third-order valence-electron chi connectivity index (χ3n) is 3.43. The summed E-state index contributed by atoms with van der Waals surface area (Å²) in [6.45, 7) is 11.2. The Morgan fingerprint density at radius 1 is 1.06 bits per heavy atom. The topological polar surface area (TPSA) is 83.2 Å². The van der Waals surface area contributed by atoms with E-state index in [0.717, 1.165) is 23.1 Å². The Bertz CT molecular complexity index is 967. The summed E-state index contributed by atoms with van der Waals surface area (Å²) in [5.74, 6) is 0.813. The van der Waals surface area contributed by atoms with Gasteiger partial charge in [-0.15, -0.1) is 11.6 Å². The third-order valence-corrected chi connectivity index (χ3v) is 3.43. The first-order valence-electron chi connectivity index (χ1n) is 8.03. The van der Waals surface area contributed by atoms with Crippen LogP contribution in [0.25, 0.3) is 11.1 Å². The molecule has 0 aliphatic carbocycles. The van der Waals surface area contributed by atoms with Crippen LogP contribution in [0.2, 0.25) is 0 Å². The van der Waals surface area contributed by atoms with Gasteiger partial charge in [-0.05, 0) is 18.3 Å². The monoisotopic (exact) mass is 730 g/mol. The summed E-state index contributed by atoms with van der Waals surface area (Å²) in [4.78, 5) is 10.8. The third kappa shape index (κ3) is 13.8. The number of nitrogens with one attached hydrogen (secondary N) is 2. The fourth-order valence-electron chi connectivity index (χ4n) is 2.22. The number of hydrogen-bond acceptors (Lipinski definition) is 5. The molecule has 2 radical (unpaired) electrons. The van der Waals surface area contributed by atoms with E-state index in [9.17, 15) is 7.65 Å². The average molecular weight is 730 g/mol. The van der Waals surface area contributed by atoms with Gasteiger partial charge in [-0.2, -0.15) is 28.5 Å². The largest absolute Gasteiger partial charge is 0.485 e. The second-order valence-corrected chi connectivity index (χ2v) is 5.38. The van der Waals surface area contributed by atoms with Gasteiger partial charge in [-0.1, -0.05) is 69.8 Å². The second-order valence-electron chi connectivity index (χ2n) is 5.38. The molecule has 5 nitrogen and oxygen atoms in total. The number of hydrogen-bond donors (Lipinski definition) is 2. The maximum atomic E-state index is 10.8. The molecule has 0 fully saturated rings. The van der Waals surface area contributed by atoms with Crippen molar-refractivity contribution >= 4 is 52.7 Å². The van der Waals surface area contributed by atoms with Crippen LogP contribution in [0.1, 0.15) is 33.4 Å². The van der Waals surface area contributed by atoms with Crippen LogP contribution >= 0.6 is 23.2 Å². The van der Waals surface area contributed by atoms with Gasteiger partial charge in [0.25, 0.3) is 0 Å². The summed E-state index contributed by atoms with van der Waals surface area (Å²) in [6, 6.07) is 14.5. The van der Waals surface area contributed by atoms with Gasteiger partial charge in [0.15, 0.2) is 23.2 Å². The first-order chi connectivity index (χ1) is 14.0. The van der Waals surface area contributed by atoms with E-state index in [1.165, 1.54) is 0 Å². The van der Waals surface area contributed by atoms with Crippen LogP contribution in [0, 0.1) is 23.8 Å². The zero-order chi connectivity index (χ0) is 21.8. The van der Waals surface area contributed by atoms with E-state index < -0.39 is 5.97 Å². The van der Waals surface area contributed by atoms with Crippen LogP contribution in [-0.4, -0.2) is 18.4 Å². The number of para-hydroxylation sites is 2. The molecule has 3 rings (SSSR count). The van der Waals surface area contributed by atoms with Crippen molar-refractivity contribution in [2.45, 2.75) is 22.3 Å². The zero-order valence-electron chi connectivity index (χ0n) is 16.5. The molecule has 9 heteroatoms. The van der Waals surface area contributed by atoms with Gasteiger partial charge in [0.1, 0.15) is 6.21 Å². The Kier molecular flexibility index (Phi) is 30.1. The van der Waals surface area contributed by atoms with Crippen molar-refractivity contribution in [3.63, 3.8) is 0 Å². The van der Waals surface area contributed by atoms with E-state index in [1.807, 2.05) is 24.3 Å². The summed E-state index contributed by atoms with van der Waals surface area (Å²) < 4.78 is 19.7. The minimum atomic E-state index is -0.710. The molecule has 0 unspecified atom stereocenters. The SMILES string of the molecule is C.C.C.C=C([CH2-])c1ccccc1OC(=O)C=N.C=C1[C-]=C(C=N)Oc2ccccc21.FI.[Y].[Y]. The number of carbonyl (C=O) groups is 1. The first kappa shape index (κ1) is 43.1. The maximum Gasteiger partial charge on any atom is 0.353 e. The number of esters is 1. The summed E-state index contributed by atoms with van der Waals surface area (Å²) in [7, 11) is 0. The molecule has 0 aromatic heterocycles. The summed E-state index contributed by atoms with van der Waals surface area (Å²) in [5, 5.41) is 13.7. The van der Waals surface area contributed by atoms with E-state index in [1.54, 1.807) is 24.3 Å². The minimum Gasteiger partial charge on any atom is -0.485 e. The predicted octanol–water partition coefficient (Wildman–Crippen LogP) is 7.73. The molecule has 0 saturated heterocycles. The number of carbonyl (C=O) groups excluding carboxylic acids is 1. The smallest absolute Gasteiger partial charge is 0.353 e. The fourth-order valence-corrected chi connectivity index (χ4v) is 2.22. The molecule has 34 heavy (non-hydrogen) atoms. The van der Waals surface area contributed by atoms with Crippen molar-refractivity contribution in [2.24, 2.45) is 0 Å². The quantitative estimate of drug-likeness (QED) is 0.111. The number of benzene rings is 2. The molecule has 0 bridgehead atoms. The van der Waals surface area contributed by atoms with Gasteiger partial charge in [0, 0.05) is 65.4 Å². The number of rotatable bonds is 4. The van der Waals surface area contributed by atoms with Crippen molar-refractivity contribution in [2.75, 3.05) is 0 Å². The van der Waals surface area contributed by atoms with E-state index in [0.29, 0.717) is 52.0 Å². The van der Waals surface area contributed by atoms with Gasteiger partial charge >= 0.3 is 5.97 Å². The van der Waals surface area contributed by atoms with Crippen molar-refractivity contribution in [3.05, 3.63) is 91.6 Å². The van der Waals surface area contributed by atoms with E-state index in [4.69, 9.17) is 20.3 Å². The summed E-state index contributed by atoms with van der Waals surface area (Å²) in [6.07, 6.45) is 4.62. The molecule has 0 spiro atoms. The van der Waals surface area contributed by atoms with Crippen LogP contribution in [0.5, 0.6) is 11.5 Å². The van der Waals surface area contributed by atoms with Crippen LogP contribution in [-0.2, 0) is 70.2 Å². The summed E-state index contributed by atoms with van der Waals surface area (Å²) >= 11 is 0.650. The van der Waals surface area contributed by atoms with Crippen LogP contribution in [0.4, 0.5) is 2.86 Å². The molecular formula is C25H30FIN2O3Y2-2. The van der Waals surface area contributed by atoms with Gasteiger partial charge < -0.3 is 20.3 Å². The van der Waals surface area contributed by atoms with Crippen molar-refractivity contribution < 1.29 is 82.5 Å². The van der Waals surface area contributed by atoms with E-state index >= 15 is 0 Å². The average Bonchev–Trinajstić information content (AvgIpc) is 2.75. The van der Waals surface area contributed by atoms with Crippen LogP contribution in [0.15, 0.2) is 67.4 Å². The Balaban J connectivity index is -0.000000135. The Morgan fingerprint density at radius 2 is 1.59 bits per heavy atom. The summed E-state index contributed by atoms with van der Waals surface area (Å²) in [5.41, 5.74) is 2.94. The molecular weight excluding hydrogens is 700 g/mol. The molecule has 0 atom stereocenters. The van der Waals surface area contributed by atoms with Crippen LogP contribution < -0.4 is 9.47 Å². The molecule has 2 aromatic rings. The molecule has 0 saturated carbocycles. The standard InChI is InChI=1S/C11H10NO2.C11H8NO.3CH4.FI.2Y/c1-8(2)9-5-3-4-6-10(9)14-11(13)7-12;1-8-6-9(7-12)13-11-5-3-2-4-10(8)11;;;;1-2;;/h3-7,12H,1-2H2;2-5,7,12H,1H2;3*1H4;;;/q2*-1;;;;;;. The number of fused-ring (bicyclic) bond motifs is 1. The molecule has 2 N–H and O–H groups in total. The Labute approximate surface area is 268 Å². The van der Waals surface area contributed by atoms with E-state index in [-0.39, 0.29) is 87.7 Å². The molecule has 180 valence electrons. The maximum absolute atomic E-state index is 10.8. The van der Waals surface area contributed by atoms with Crippen LogP contribution in [0.3, 0.4) is 0 Å². The van der Waals surface area contributed by atoms with Crippen molar-refractivity contribution in [1.29, 1.82) is 10.8 Å². The van der Waals surface area contributed by atoms with Crippen molar-refractivity contribution in [1.82, 2.24) is 0 Å². The van der Waals surface area contributed by atoms with Gasteiger partial charge in [-0.3, -0.25) is 0 Å². The number of allylic oxidation sites excluding steroid dienone is 4. The molecule has 0 amide bonds. The zero-order valence-corrected chi connectivity index (χ0v) is 24.4. The Morgan fingerprint density at radius 3 is 2.12 bits per heavy atom. The molecule has 1 aliphatic rings. The molecule has 1 heterocycles. The number of halogens is 2. The first-order valence-corrected chi connectivity index (χ1v) is 8.85. The van der Waals surface area contributed by atoms with Crippen molar-refractivity contribution in [3.8, 4) is 11.5 Å². The molecule has 2 aromatic carbocycles.